The lowest BCUT2D eigenvalue weighted by Gasteiger charge is -2.24. The van der Waals surface area contributed by atoms with Gasteiger partial charge in [0.05, 0.1) is 24.2 Å². The minimum atomic E-state index is -0.231. The number of aromatic nitrogens is 3. The van der Waals surface area contributed by atoms with E-state index in [1.165, 1.54) is 0 Å². The van der Waals surface area contributed by atoms with Crippen molar-refractivity contribution in [2.45, 2.75) is 53.5 Å². The highest BCUT2D eigenvalue weighted by Crippen LogP contribution is 2.34. The first-order valence-electron chi connectivity index (χ1n) is 12.8. The van der Waals surface area contributed by atoms with Gasteiger partial charge in [-0.05, 0) is 54.2 Å². The van der Waals surface area contributed by atoms with Crippen LogP contribution in [0.5, 0.6) is 5.75 Å². The topological polar surface area (TPSA) is 59.9 Å². The van der Waals surface area contributed by atoms with Crippen molar-refractivity contribution in [2.24, 2.45) is 11.8 Å². The minimum Gasteiger partial charge on any atom is -0.493 e. The summed E-state index contributed by atoms with van der Waals surface area (Å²) >= 11 is 6.19. The molecular weight excluding hydrogens is 489 g/mol. The van der Waals surface area contributed by atoms with Crippen LogP contribution < -0.4 is 10.2 Å². The Morgan fingerprint density at radius 3 is 2.81 bits per heavy atom. The maximum Gasteiger partial charge on any atom is 0.171 e. The van der Waals surface area contributed by atoms with Gasteiger partial charge in [0.2, 0.25) is 0 Å². The van der Waals surface area contributed by atoms with Crippen molar-refractivity contribution in [3.63, 3.8) is 0 Å². The van der Waals surface area contributed by atoms with Crippen molar-refractivity contribution in [1.82, 2.24) is 14.8 Å². The highest BCUT2D eigenvalue weighted by Gasteiger charge is 2.29. The van der Waals surface area contributed by atoms with Gasteiger partial charge in [-0.2, -0.15) is 5.10 Å². The summed E-state index contributed by atoms with van der Waals surface area (Å²) in [5.41, 5.74) is 5.91. The van der Waals surface area contributed by atoms with Crippen LogP contribution in [0.2, 0.25) is 5.02 Å². The van der Waals surface area contributed by atoms with Crippen molar-refractivity contribution >= 4 is 43.0 Å². The van der Waals surface area contributed by atoms with Crippen LogP contribution in [0.4, 0.5) is 0 Å². The number of aromatic amines is 1. The number of Topliss-reactive ketones (excluding diaryl/α,β-unsaturated/α-hetero) is 1. The van der Waals surface area contributed by atoms with Gasteiger partial charge in [0.15, 0.2) is 5.78 Å². The van der Waals surface area contributed by atoms with Gasteiger partial charge in [-0.3, -0.25) is 9.89 Å². The third-order valence-electron chi connectivity index (χ3n) is 6.72. The maximum absolute atomic E-state index is 13.8. The van der Waals surface area contributed by atoms with Crippen LogP contribution in [-0.2, 0) is 13.0 Å². The van der Waals surface area contributed by atoms with Crippen molar-refractivity contribution in [1.29, 1.82) is 0 Å². The van der Waals surface area contributed by atoms with Gasteiger partial charge in [0, 0.05) is 39.8 Å². The first-order chi connectivity index (χ1) is 17.4. The molecule has 1 aliphatic rings. The van der Waals surface area contributed by atoms with Gasteiger partial charge in [-0.25, -0.2) is 0 Å². The van der Waals surface area contributed by atoms with E-state index in [0.29, 0.717) is 24.0 Å². The summed E-state index contributed by atoms with van der Waals surface area (Å²) in [5.74, 6) is 1.23. The fraction of sp³-hybridized carbons (Fsp3) is 0.379. The Bertz CT molecular complexity index is 1360. The fourth-order valence-electron chi connectivity index (χ4n) is 5.00. The third-order valence-corrected chi connectivity index (χ3v) is 7.39. The van der Waals surface area contributed by atoms with E-state index in [-0.39, 0.29) is 11.7 Å². The second kappa shape index (κ2) is 11.6. The normalized spacial score (nSPS) is 15.6. The predicted molar refractivity (Wildman–Crippen MR) is 153 cm³/mol. The second-order valence-electron chi connectivity index (χ2n) is 9.35. The zero-order chi connectivity index (χ0) is 25.8. The van der Waals surface area contributed by atoms with Gasteiger partial charge in [0.1, 0.15) is 5.75 Å². The number of halogens is 1. The molecule has 0 saturated heterocycles. The summed E-state index contributed by atoms with van der Waals surface area (Å²) in [4.78, 5) is 13.8. The molecule has 0 radical (unpaired) electrons. The lowest BCUT2D eigenvalue weighted by molar-refractivity contribution is 0.0856. The molecule has 0 bridgehead atoms. The van der Waals surface area contributed by atoms with E-state index in [1.54, 1.807) is 0 Å². The molecular formula is C29H35ClN3O2P. The number of H-pyrrole nitrogens is 1. The number of nitrogens with zero attached hydrogens (tertiary/aromatic N) is 2. The largest absolute Gasteiger partial charge is 0.493 e. The lowest BCUT2D eigenvalue weighted by Crippen LogP contribution is -2.28. The molecule has 3 heterocycles. The monoisotopic (exact) mass is 523 g/mol. The Hall–Kier alpha value is -2.62. The summed E-state index contributed by atoms with van der Waals surface area (Å²) in [7, 11) is 2.70. The zero-order valence-electron chi connectivity index (χ0n) is 21.5. The highest BCUT2D eigenvalue weighted by molar-refractivity contribution is 7.27. The molecule has 36 heavy (non-hydrogen) atoms. The predicted octanol–water partition coefficient (Wildman–Crippen LogP) is 7.08. The van der Waals surface area contributed by atoms with Gasteiger partial charge in [-0.15, -0.1) is 0 Å². The number of nitrogens with one attached hydrogen (secondary N) is 1. The van der Waals surface area contributed by atoms with Crippen molar-refractivity contribution in [3.8, 4) is 16.9 Å². The number of ether oxygens (including phenoxy) is 1. The van der Waals surface area contributed by atoms with Crippen LogP contribution in [0.1, 0.15) is 56.5 Å². The number of rotatable bonds is 7. The fourth-order valence-corrected chi connectivity index (χ4v) is 5.51. The standard InChI is InChI=1S/C27H29ClN3O2P.C2H6/c1-3-4-16(2)13-31-14-23(21-7-5-17(11-24(21)31)22-12-29-30-27(22)34)26(32)19-9-18-10-20(28)6-8-25(18)33-15-19;1-2/h5-8,10-12,14,16,19H,3-4,9,13,15,34H2,1-2H3,(H,29,30);1-2H3. The summed E-state index contributed by atoms with van der Waals surface area (Å²) in [6, 6.07) is 11.9. The molecule has 4 aromatic rings. The second-order valence-corrected chi connectivity index (χ2v) is 10.4. The van der Waals surface area contributed by atoms with Crippen molar-refractivity contribution in [3.05, 3.63) is 64.9 Å². The molecule has 0 fully saturated rings. The smallest absolute Gasteiger partial charge is 0.171 e. The molecule has 5 nitrogen and oxygen atoms in total. The molecule has 0 spiro atoms. The molecule has 3 unspecified atom stereocenters. The number of carbonyl (C=O) groups is 1. The third kappa shape index (κ3) is 5.38. The van der Waals surface area contributed by atoms with E-state index in [9.17, 15) is 4.79 Å². The van der Waals surface area contributed by atoms with E-state index < -0.39 is 0 Å². The Morgan fingerprint density at radius 2 is 2.08 bits per heavy atom. The van der Waals surface area contributed by atoms with Crippen LogP contribution in [0.25, 0.3) is 22.0 Å². The molecule has 7 heteroatoms. The molecule has 0 amide bonds. The van der Waals surface area contributed by atoms with E-state index in [0.717, 1.165) is 63.7 Å². The molecule has 0 aliphatic carbocycles. The summed E-state index contributed by atoms with van der Waals surface area (Å²) in [5, 5.41) is 8.80. The summed E-state index contributed by atoms with van der Waals surface area (Å²) in [6.07, 6.45) is 6.81. The quantitative estimate of drug-likeness (QED) is 0.208. The molecule has 0 saturated carbocycles. The molecule has 1 N–H and O–H groups in total. The first-order valence-corrected chi connectivity index (χ1v) is 13.8. The Kier molecular flexibility index (Phi) is 8.54. The van der Waals surface area contributed by atoms with E-state index in [2.05, 4.69) is 56.1 Å². The molecule has 1 aliphatic heterocycles. The SMILES string of the molecule is CC.CCCC(C)Cn1cc(C(=O)C2COc3ccc(Cl)cc3C2)c2ccc(-c3cn[nH]c3P)cc21. The van der Waals surface area contributed by atoms with Crippen molar-refractivity contribution in [2.75, 3.05) is 6.61 Å². The molecule has 190 valence electrons. The lowest BCUT2D eigenvalue weighted by atomic mass is 9.89. The van der Waals surface area contributed by atoms with Gasteiger partial charge >= 0.3 is 0 Å². The molecule has 2 aromatic heterocycles. The summed E-state index contributed by atoms with van der Waals surface area (Å²) < 4.78 is 8.18. The Labute approximate surface area is 220 Å². The molecule has 2 aromatic carbocycles. The van der Waals surface area contributed by atoms with Crippen LogP contribution >= 0.6 is 20.8 Å². The number of ketones is 1. The van der Waals surface area contributed by atoms with E-state index >= 15 is 0 Å². The van der Waals surface area contributed by atoms with Crippen LogP contribution in [-0.4, -0.2) is 27.2 Å². The zero-order valence-corrected chi connectivity index (χ0v) is 23.4. The minimum absolute atomic E-state index is 0.125. The van der Waals surface area contributed by atoms with E-state index in [4.69, 9.17) is 16.3 Å². The average Bonchev–Trinajstić information content (AvgIpc) is 3.47. The molecule has 3 atom stereocenters. The van der Waals surface area contributed by atoms with Crippen LogP contribution in [0, 0.1) is 11.8 Å². The van der Waals surface area contributed by atoms with Crippen LogP contribution in [0.3, 0.4) is 0 Å². The Morgan fingerprint density at radius 1 is 1.28 bits per heavy atom. The number of fused-ring (bicyclic) bond motifs is 2. The average molecular weight is 524 g/mol. The maximum atomic E-state index is 13.8. The van der Waals surface area contributed by atoms with Gasteiger partial charge in [0.25, 0.3) is 0 Å². The summed E-state index contributed by atoms with van der Waals surface area (Å²) in [6.45, 7) is 9.74. The first kappa shape index (κ1) is 26.4. The number of benzene rings is 2. The van der Waals surface area contributed by atoms with Gasteiger partial charge < -0.3 is 9.30 Å². The number of hydrogen-bond acceptors (Lipinski definition) is 3. The van der Waals surface area contributed by atoms with E-state index in [1.807, 2.05) is 44.4 Å². The van der Waals surface area contributed by atoms with Crippen molar-refractivity contribution < 1.29 is 9.53 Å². The molecule has 5 rings (SSSR count). The highest BCUT2D eigenvalue weighted by atomic mass is 35.5. The number of hydrogen-bond donors (Lipinski definition) is 1. The van der Waals surface area contributed by atoms with Crippen LogP contribution in [0.15, 0.2) is 48.8 Å². The van der Waals surface area contributed by atoms with Gasteiger partial charge in [-0.1, -0.05) is 67.1 Å². The number of carbonyl (C=O) groups excluding carboxylic acids is 1. The Balaban J connectivity index is 0.00000148.